The molecular weight excluding hydrogens is 341 g/mol. The van der Waals surface area contributed by atoms with Gasteiger partial charge in [0.1, 0.15) is 12.1 Å². The number of ether oxygens (including phenoxy) is 1. The predicted octanol–water partition coefficient (Wildman–Crippen LogP) is 1.27. The molecule has 1 amide bonds. The van der Waals surface area contributed by atoms with Crippen molar-refractivity contribution in [2.45, 2.75) is 6.54 Å². The third kappa shape index (κ3) is 4.47. The van der Waals surface area contributed by atoms with Crippen LogP contribution in [0.4, 0.5) is 4.39 Å². The van der Waals surface area contributed by atoms with E-state index in [0.29, 0.717) is 5.69 Å². The molecule has 1 N–H and O–H groups in total. The summed E-state index contributed by atoms with van der Waals surface area (Å²) in [4.78, 5) is 23.9. The van der Waals surface area contributed by atoms with Crippen molar-refractivity contribution in [3.05, 3.63) is 71.8 Å². The van der Waals surface area contributed by atoms with Gasteiger partial charge in [-0.05, 0) is 46.3 Å². The van der Waals surface area contributed by atoms with E-state index in [9.17, 15) is 14.0 Å². The highest BCUT2D eigenvalue weighted by atomic mass is 19.1. The standard InChI is InChI=1S/C17H14FN5O3/c18-14-6-4-12(5-7-14)9-19-16(24)10-26-17(25)13-2-1-3-15(8-13)23-11-20-21-22-23/h1-8,11H,9-10H2,(H,19,24). The molecule has 2 aromatic carbocycles. The molecular formula is C17H14FN5O3. The number of nitrogens with one attached hydrogen (secondary N) is 1. The van der Waals surface area contributed by atoms with Crippen molar-refractivity contribution in [3.8, 4) is 5.69 Å². The average molecular weight is 355 g/mol. The number of aromatic nitrogens is 4. The molecule has 26 heavy (non-hydrogen) atoms. The van der Waals surface area contributed by atoms with Crippen LogP contribution in [0.5, 0.6) is 0 Å². The topological polar surface area (TPSA) is 99.0 Å². The minimum absolute atomic E-state index is 0.214. The number of hydrogen-bond donors (Lipinski definition) is 1. The van der Waals surface area contributed by atoms with Crippen LogP contribution in [0.15, 0.2) is 54.9 Å². The lowest BCUT2D eigenvalue weighted by Gasteiger charge is -2.07. The molecule has 0 spiro atoms. The zero-order valence-electron chi connectivity index (χ0n) is 13.5. The lowest BCUT2D eigenvalue weighted by atomic mass is 10.2. The first kappa shape index (κ1) is 17.2. The zero-order chi connectivity index (χ0) is 18.4. The largest absolute Gasteiger partial charge is 0.452 e. The molecule has 0 aliphatic heterocycles. The molecule has 0 saturated carbocycles. The molecule has 0 aliphatic carbocycles. The van der Waals surface area contributed by atoms with Gasteiger partial charge in [-0.25, -0.2) is 13.9 Å². The Balaban J connectivity index is 1.51. The third-order valence-corrected chi connectivity index (χ3v) is 3.43. The maximum Gasteiger partial charge on any atom is 0.338 e. The number of rotatable bonds is 6. The molecule has 0 bridgehead atoms. The molecule has 3 rings (SSSR count). The van der Waals surface area contributed by atoms with Gasteiger partial charge in [0, 0.05) is 6.54 Å². The molecule has 9 heteroatoms. The van der Waals surface area contributed by atoms with E-state index in [1.165, 1.54) is 23.1 Å². The molecule has 0 atom stereocenters. The Morgan fingerprint density at radius 2 is 1.96 bits per heavy atom. The highest BCUT2D eigenvalue weighted by molar-refractivity contribution is 5.91. The van der Waals surface area contributed by atoms with E-state index in [0.717, 1.165) is 5.56 Å². The Hall–Kier alpha value is -3.62. The number of tetrazole rings is 1. The molecule has 3 aromatic rings. The number of benzene rings is 2. The van der Waals surface area contributed by atoms with E-state index in [1.807, 2.05) is 0 Å². The van der Waals surface area contributed by atoms with Crippen LogP contribution in [0.2, 0.25) is 0 Å². The predicted molar refractivity (Wildman–Crippen MR) is 87.7 cm³/mol. The first-order valence-electron chi connectivity index (χ1n) is 7.63. The quantitative estimate of drug-likeness (QED) is 0.669. The minimum atomic E-state index is -0.642. The number of carbonyl (C=O) groups excluding carboxylic acids is 2. The third-order valence-electron chi connectivity index (χ3n) is 3.43. The number of halogens is 1. The summed E-state index contributed by atoms with van der Waals surface area (Å²) in [5.74, 6) is -1.45. The lowest BCUT2D eigenvalue weighted by molar-refractivity contribution is -0.124. The molecule has 1 heterocycles. The van der Waals surface area contributed by atoms with Gasteiger partial charge < -0.3 is 10.1 Å². The van der Waals surface area contributed by atoms with Crippen molar-refractivity contribution < 1.29 is 18.7 Å². The summed E-state index contributed by atoms with van der Waals surface area (Å²) in [5.41, 5.74) is 1.59. The van der Waals surface area contributed by atoms with E-state index in [1.54, 1.807) is 36.4 Å². The van der Waals surface area contributed by atoms with Crippen molar-refractivity contribution in [1.29, 1.82) is 0 Å². The minimum Gasteiger partial charge on any atom is -0.452 e. The van der Waals surface area contributed by atoms with Gasteiger partial charge in [-0.15, -0.1) is 5.10 Å². The average Bonchev–Trinajstić information content (AvgIpc) is 3.20. The lowest BCUT2D eigenvalue weighted by Crippen LogP contribution is -2.28. The van der Waals surface area contributed by atoms with Crippen molar-refractivity contribution in [2.75, 3.05) is 6.61 Å². The molecule has 0 saturated heterocycles. The monoisotopic (exact) mass is 355 g/mol. The summed E-state index contributed by atoms with van der Waals surface area (Å²) in [6.07, 6.45) is 1.40. The highest BCUT2D eigenvalue weighted by Gasteiger charge is 2.11. The molecule has 0 unspecified atom stereocenters. The van der Waals surface area contributed by atoms with Crippen molar-refractivity contribution >= 4 is 11.9 Å². The maximum absolute atomic E-state index is 12.8. The fourth-order valence-corrected chi connectivity index (χ4v) is 2.12. The van der Waals surface area contributed by atoms with Crippen LogP contribution in [0.3, 0.4) is 0 Å². The Morgan fingerprint density at radius 1 is 1.15 bits per heavy atom. The summed E-state index contributed by atoms with van der Waals surface area (Å²) in [5, 5.41) is 13.4. The van der Waals surface area contributed by atoms with Crippen LogP contribution < -0.4 is 5.32 Å². The van der Waals surface area contributed by atoms with Crippen LogP contribution in [0, 0.1) is 5.82 Å². The fourth-order valence-electron chi connectivity index (χ4n) is 2.12. The summed E-state index contributed by atoms with van der Waals surface area (Å²) in [6.45, 7) is -0.208. The molecule has 0 fully saturated rings. The van der Waals surface area contributed by atoms with E-state index < -0.39 is 18.5 Å². The van der Waals surface area contributed by atoms with Crippen LogP contribution >= 0.6 is 0 Å². The van der Waals surface area contributed by atoms with Crippen LogP contribution in [0.1, 0.15) is 15.9 Å². The van der Waals surface area contributed by atoms with Crippen LogP contribution in [0.25, 0.3) is 5.69 Å². The number of amides is 1. The number of carbonyl (C=O) groups is 2. The van der Waals surface area contributed by atoms with Gasteiger partial charge in [-0.2, -0.15) is 0 Å². The van der Waals surface area contributed by atoms with E-state index in [-0.39, 0.29) is 17.9 Å². The number of esters is 1. The van der Waals surface area contributed by atoms with Gasteiger partial charge in [0.05, 0.1) is 11.3 Å². The Morgan fingerprint density at radius 3 is 2.69 bits per heavy atom. The highest BCUT2D eigenvalue weighted by Crippen LogP contribution is 2.10. The number of nitrogens with zero attached hydrogens (tertiary/aromatic N) is 4. The van der Waals surface area contributed by atoms with Gasteiger partial charge in [0.2, 0.25) is 0 Å². The normalized spacial score (nSPS) is 10.3. The van der Waals surface area contributed by atoms with Crippen molar-refractivity contribution in [3.63, 3.8) is 0 Å². The maximum atomic E-state index is 12.8. The van der Waals surface area contributed by atoms with Crippen molar-refractivity contribution in [2.24, 2.45) is 0 Å². The summed E-state index contributed by atoms with van der Waals surface area (Å²) >= 11 is 0. The molecule has 132 valence electrons. The van der Waals surface area contributed by atoms with Crippen LogP contribution in [-0.2, 0) is 16.1 Å². The second kappa shape index (κ2) is 7.97. The molecule has 0 radical (unpaired) electrons. The zero-order valence-corrected chi connectivity index (χ0v) is 13.5. The van der Waals surface area contributed by atoms with E-state index >= 15 is 0 Å². The van der Waals surface area contributed by atoms with E-state index in [2.05, 4.69) is 20.8 Å². The Kier molecular flexibility index (Phi) is 5.28. The van der Waals surface area contributed by atoms with E-state index in [4.69, 9.17) is 4.74 Å². The molecule has 1 aromatic heterocycles. The van der Waals surface area contributed by atoms with Gasteiger partial charge in [0.25, 0.3) is 5.91 Å². The Labute approximate surface area is 147 Å². The van der Waals surface area contributed by atoms with Gasteiger partial charge in [-0.3, -0.25) is 4.79 Å². The number of hydrogen-bond acceptors (Lipinski definition) is 6. The summed E-state index contributed by atoms with van der Waals surface area (Å²) in [7, 11) is 0. The second-order valence-electron chi connectivity index (χ2n) is 5.28. The molecule has 8 nitrogen and oxygen atoms in total. The smallest absolute Gasteiger partial charge is 0.338 e. The molecule has 0 aliphatic rings. The van der Waals surface area contributed by atoms with Crippen molar-refractivity contribution in [1.82, 2.24) is 25.5 Å². The summed E-state index contributed by atoms with van der Waals surface area (Å²) < 4.78 is 19.2. The summed E-state index contributed by atoms with van der Waals surface area (Å²) in [6, 6.07) is 12.2. The first-order valence-corrected chi connectivity index (χ1v) is 7.63. The fraction of sp³-hybridized carbons (Fsp3) is 0.118. The second-order valence-corrected chi connectivity index (χ2v) is 5.28. The SMILES string of the molecule is O=C(COC(=O)c1cccc(-n2cnnn2)c1)NCc1ccc(F)cc1. The first-order chi connectivity index (χ1) is 12.6. The van der Waals surface area contributed by atoms with Gasteiger partial charge in [-0.1, -0.05) is 18.2 Å². The Bertz CT molecular complexity index is 897. The van der Waals surface area contributed by atoms with Gasteiger partial charge in [0.15, 0.2) is 6.61 Å². The van der Waals surface area contributed by atoms with Crippen LogP contribution in [-0.4, -0.2) is 38.7 Å². The van der Waals surface area contributed by atoms with Gasteiger partial charge >= 0.3 is 5.97 Å².